The molecule has 1 atom stereocenters. The largest absolute Gasteiger partial charge is 0.372 e. The number of para-hydroxylation sites is 1. The van der Waals surface area contributed by atoms with E-state index in [1.807, 2.05) is 36.3 Å². The molecule has 0 aliphatic carbocycles. The highest BCUT2D eigenvalue weighted by Gasteiger charge is 2.27. The first-order valence-corrected chi connectivity index (χ1v) is 7.61. The second-order valence-corrected chi connectivity index (χ2v) is 6.04. The summed E-state index contributed by atoms with van der Waals surface area (Å²) in [5.41, 5.74) is 3.23. The minimum absolute atomic E-state index is 0.135. The summed E-state index contributed by atoms with van der Waals surface area (Å²) in [5, 5.41) is 4.31. The topological polar surface area (TPSA) is 41.4 Å². The molecule has 0 saturated carbocycles. The fraction of sp³-hybridized carbons (Fsp3) is 0.412. The average Bonchev–Trinajstić information content (AvgIpc) is 2.84. The van der Waals surface area contributed by atoms with E-state index >= 15 is 0 Å². The molecular weight excluding hydrogens is 276 g/mol. The van der Waals surface area contributed by atoms with Crippen molar-refractivity contribution >= 4 is 11.6 Å². The summed E-state index contributed by atoms with van der Waals surface area (Å²) in [4.78, 5) is 16.9. The average molecular weight is 298 g/mol. The lowest BCUT2D eigenvalue weighted by Gasteiger charge is -2.28. The zero-order valence-electron chi connectivity index (χ0n) is 13.4. The number of anilines is 1. The Kier molecular flexibility index (Phi) is 3.88. The quantitative estimate of drug-likeness (QED) is 0.849. The molecule has 0 N–H and O–H groups in total. The van der Waals surface area contributed by atoms with Gasteiger partial charge in [0.15, 0.2) is 0 Å². The highest BCUT2D eigenvalue weighted by Crippen LogP contribution is 2.26. The fourth-order valence-corrected chi connectivity index (χ4v) is 3.10. The number of carbonyl (C=O) groups is 1. The molecule has 1 amide bonds. The number of fused-ring (bicyclic) bond motifs is 1. The van der Waals surface area contributed by atoms with E-state index < -0.39 is 0 Å². The molecule has 22 heavy (non-hydrogen) atoms. The first-order chi connectivity index (χ1) is 10.5. The maximum atomic E-state index is 12.7. The van der Waals surface area contributed by atoms with Crippen molar-refractivity contribution in [1.29, 1.82) is 0 Å². The van der Waals surface area contributed by atoms with Crippen LogP contribution in [0.25, 0.3) is 0 Å². The minimum Gasteiger partial charge on any atom is -0.372 e. The van der Waals surface area contributed by atoms with Gasteiger partial charge < -0.3 is 9.80 Å². The van der Waals surface area contributed by atoms with Gasteiger partial charge in [-0.3, -0.25) is 9.48 Å². The van der Waals surface area contributed by atoms with E-state index in [0.717, 1.165) is 12.2 Å². The van der Waals surface area contributed by atoms with Crippen molar-refractivity contribution in [3.8, 4) is 0 Å². The van der Waals surface area contributed by atoms with Crippen LogP contribution in [0, 0.1) is 0 Å². The Labute approximate surface area is 131 Å². The molecule has 5 nitrogen and oxygen atoms in total. The van der Waals surface area contributed by atoms with Crippen molar-refractivity contribution in [2.75, 3.05) is 18.5 Å². The van der Waals surface area contributed by atoms with Crippen molar-refractivity contribution in [3.63, 3.8) is 0 Å². The van der Waals surface area contributed by atoms with Crippen LogP contribution in [0.3, 0.4) is 0 Å². The van der Waals surface area contributed by atoms with Gasteiger partial charge in [0.05, 0.1) is 12.1 Å². The van der Waals surface area contributed by atoms with E-state index in [2.05, 4.69) is 36.1 Å². The molecule has 2 aromatic rings. The lowest BCUT2D eigenvalue weighted by atomic mass is 10.1. The van der Waals surface area contributed by atoms with Crippen LogP contribution in [0.1, 0.15) is 18.2 Å². The number of hydrogen-bond donors (Lipinski definition) is 0. The maximum Gasteiger partial charge on any atom is 0.229 e. The van der Waals surface area contributed by atoms with Gasteiger partial charge in [0.25, 0.3) is 0 Å². The normalized spacial score (nSPS) is 18.0. The van der Waals surface area contributed by atoms with E-state index in [1.54, 1.807) is 4.68 Å². The van der Waals surface area contributed by atoms with Gasteiger partial charge in [-0.1, -0.05) is 18.2 Å². The molecule has 2 heterocycles. The third-order valence-corrected chi connectivity index (χ3v) is 4.24. The Morgan fingerprint density at radius 3 is 2.77 bits per heavy atom. The molecule has 116 valence electrons. The molecule has 1 aliphatic heterocycles. The number of rotatable bonds is 2. The van der Waals surface area contributed by atoms with Crippen molar-refractivity contribution in [2.45, 2.75) is 25.9 Å². The van der Waals surface area contributed by atoms with Gasteiger partial charge >= 0.3 is 0 Å². The third-order valence-electron chi connectivity index (χ3n) is 4.24. The van der Waals surface area contributed by atoms with Crippen molar-refractivity contribution < 1.29 is 4.79 Å². The molecule has 0 bridgehead atoms. The summed E-state index contributed by atoms with van der Waals surface area (Å²) in [6.07, 6.45) is 2.23. The lowest BCUT2D eigenvalue weighted by Crippen LogP contribution is -2.42. The molecule has 0 fully saturated rings. The predicted molar refractivity (Wildman–Crippen MR) is 86.6 cm³/mol. The van der Waals surface area contributed by atoms with E-state index in [9.17, 15) is 4.79 Å². The number of amides is 1. The first-order valence-electron chi connectivity index (χ1n) is 7.61. The molecular formula is C17H22N4O. The van der Waals surface area contributed by atoms with Gasteiger partial charge in [-0.05, 0) is 24.6 Å². The molecule has 0 spiro atoms. The number of aromatic nitrogens is 2. The Balaban J connectivity index is 1.82. The number of carbonyl (C=O) groups excluding carboxylic acids is 1. The van der Waals surface area contributed by atoms with Crippen LogP contribution < -0.4 is 4.90 Å². The second kappa shape index (κ2) is 5.83. The minimum atomic E-state index is 0.135. The number of aryl methyl sites for hydroxylation is 1. The van der Waals surface area contributed by atoms with Crippen molar-refractivity contribution in [2.24, 2.45) is 7.05 Å². The van der Waals surface area contributed by atoms with Gasteiger partial charge in [-0.15, -0.1) is 0 Å². The SMILES string of the molecule is CC1CN(C)c2ccccc2CN1C(=O)Cc1ccn(C)n1. The molecule has 0 saturated heterocycles. The smallest absolute Gasteiger partial charge is 0.229 e. The van der Waals surface area contributed by atoms with E-state index in [-0.39, 0.29) is 11.9 Å². The Morgan fingerprint density at radius 1 is 1.27 bits per heavy atom. The highest BCUT2D eigenvalue weighted by atomic mass is 16.2. The van der Waals surface area contributed by atoms with E-state index in [4.69, 9.17) is 0 Å². The molecule has 5 heteroatoms. The number of benzene rings is 1. The van der Waals surface area contributed by atoms with Crippen molar-refractivity contribution in [3.05, 3.63) is 47.8 Å². The fourth-order valence-electron chi connectivity index (χ4n) is 3.10. The number of likely N-dealkylation sites (N-methyl/N-ethyl adjacent to an activating group) is 1. The maximum absolute atomic E-state index is 12.7. The van der Waals surface area contributed by atoms with Crippen LogP contribution in [0.5, 0.6) is 0 Å². The summed E-state index contributed by atoms with van der Waals surface area (Å²) >= 11 is 0. The molecule has 1 aromatic heterocycles. The summed E-state index contributed by atoms with van der Waals surface area (Å²) < 4.78 is 1.73. The highest BCUT2D eigenvalue weighted by molar-refractivity contribution is 5.79. The summed E-state index contributed by atoms with van der Waals surface area (Å²) in [5.74, 6) is 0.135. The Hall–Kier alpha value is -2.30. The Morgan fingerprint density at radius 2 is 2.05 bits per heavy atom. The second-order valence-electron chi connectivity index (χ2n) is 6.04. The molecule has 1 aromatic carbocycles. The molecule has 0 radical (unpaired) electrons. The number of nitrogens with zero attached hydrogens (tertiary/aromatic N) is 4. The molecule has 1 unspecified atom stereocenters. The zero-order valence-corrected chi connectivity index (χ0v) is 13.4. The third kappa shape index (κ3) is 2.84. The van der Waals surface area contributed by atoms with Crippen LogP contribution in [0.2, 0.25) is 0 Å². The van der Waals surface area contributed by atoms with Gasteiger partial charge in [0.2, 0.25) is 5.91 Å². The van der Waals surface area contributed by atoms with Gasteiger partial charge in [0.1, 0.15) is 0 Å². The van der Waals surface area contributed by atoms with Crippen LogP contribution in [-0.2, 0) is 24.8 Å². The molecule has 1 aliphatic rings. The molecule has 3 rings (SSSR count). The van der Waals surface area contributed by atoms with Crippen LogP contribution in [-0.4, -0.2) is 40.2 Å². The summed E-state index contributed by atoms with van der Waals surface area (Å²) in [6, 6.07) is 10.4. The van der Waals surface area contributed by atoms with Gasteiger partial charge in [0, 0.05) is 45.1 Å². The van der Waals surface area contributed by atoms with Crippen molar-refractivity contribution in [1.82, 2.24) is 14.7 Å². The van der Waals surface area contributed by atoms with Gasteiger partial charge in [-0.2, -0.15) is 5.10 Å². The lowest BCUT2D eigenvalue weighted by molar-refractivity contribution is -0.132. The monoisotopic (exact) mass is 298 g/mol. The number of hydrogen-bond acceptors (Lipinski definition) is 3. The summed E-state index contributed by atoms with van der Waals surface area (Å²) in [7, 11) is 3.95. The summed E-state index contributed by atoms with van der Waals surface area (Å²) in [6.45, 7) is 3.61. The van der Waals surface area contributed by atoms with Gasteiger partial charge in [-0.25, -0.2) is 0 Å². The van der Waals surface area contributed by atoms with E-state index in [0.29, 0.717) is 13.0 Å². The standard InChI is InChI=1S/C17H22N4O/c1-13-11-19(2)16-7-5-4-6-14(16)12-21(13)17(22)10-15-8-9-20(3)18-15/h4-9,13H,10-12H2,1-3H3. The first kappa shape index (κ1) is 14.6. The van der Waals surface area contributed by atoms with Crippen LogP contribution in [0.4, 0.5) is 5.69 Å². The Bertz CT molecular complexity index is 679. The van der Waals surface area contributed by atoms with Crippen LogP contribution >= 0.6 is 0 Å². The zero-order chi connectivity index (χ0) is 15.7. The van der Waals surface area contributed by atoms with Crippen LogP contribution in [0.15, 0.2) is 36.5 Å². The predicted octanol–water partition coefficient (Wildman–Crippen LogP) is 1.83. The van der Waals surface area contributed by atoms with E-state index in [1.165, 1.54) is 11.3 Å².